The number of anilines is 1. The molecule has 0 radical (unpaired) electrons. The highest BCUT2D eigenvalue weighted by Gasteiger charge is 2.13. The summed E-state index contributed by atoms with van der Waals surface area (Å²) in [5.74, 6) is 0.373. The number of benzene rings is 2. The average molecular weight is 395 g/mol. The molecule has 0 unspecified atom stereocenters. The van der Waals surface area contributed by atoms with Crippen LogP contribution >= 0.6 is 15.9 Å². The monoisotopic (exact) mass is 394 g/mol. The zero-order chi connectivity index (χ0) is 17.2. The lowest BCUT2D eigenvalue weighted by Crippen LogP contribution is -2.02. The van der Waals surface area contributed by atoms with Gasteiger partial charge in [-0.2, -0.15) is 10.1 Å². The first-order chi connectivity index (χ1) is 12.3. The van der Waals surface area contributed by atoms with Gasteiger partial charge in [-0.15, -0.1) is 10.2 Å². The quantitative estimate of drug-likeness (QED) is 0.415. The second-order valence-corrected chi connectivity index (χ2v) is 6.41. The van der Waals surface area contributed by atoms with Gasteiger partial charge in [0.1, 0.15) is 5.52 Å². The maximum absolute atomic E-state index is 4.59. The highest BCUT2D eigenvalue weighted by molar-refractivity contribution is 9.10. The first-order valence-electron chi connectivity index (χ1n) is 7.92. The van der Waals surface area contributed by atoms with Crippen molar-refractivity contribution < 1.29 is 0 Å². The van der Waals surface area contributed by atoms with Crippen molar-refractivity contribution in [3.8, 4) is 0 Å². The van der Waals surface area contributed by atoms with Crippen molar-refractivity contribution in [2.75, 3.05) is 5.43 Å². The van der Waals surface area contributed by atoms with Crippen molar-refractivity contribution >= 4 is 50.2 Å². The minimum absolute atomic E-state index is 0.373. The SMILES string of the molecule is CCn1c2ccccc2c2nnc(N/N=C\c3ccc(Br)cc3)nc21. The summed E-state index contributed by atoms with van der Waals surface area (Å²) in [5, 5.41) is 13.7. The molecule has 124 valence electrons. The van der Waals surface area contributed by atoms with E-state index in [0.29, 0.717) is 5.95 Å². The van der Waals surface area contributed by atoms with Crippen molar-refractivity contribution in [3.63, 3.8) is 0 Å². The zero-order valence-corrected chi connectivity index (χ0v) is 15.1. The van der Waals surface area contributed by atoms with E-state index in [4.69, 9.17) is 0 Å². The lowest BCUT2D eigenvalue weighted by Gasteiger charge is -2.02. The normalized spacial score (nSPS) is 11.6. The minimum Gasteiger partial charge on any atom is -0.324 e. The molecule has 0 fully saturated rings. The van der Waals surface area contributed by atoms with E-state index < -0.39 is 0 Å². The summed E-state index contributed by atoms with van der Waals surface area (Å²) in [6.07, 6.45) is 1.72. The maximum Gasteiger partial charge on any atom is 0.265 e. The third kappa shape index (κ3) is 2.98. The van der Waals surface area contributed by atoms with E-state index in [1.807, 2.05) is 42.5 Å². The number of hydrogen-bond donors (Lipinski definition) is 1. The van der Waals surface area contributed by atoms with E-state index in [0.717, 1.165) is 38.6 Å². The number of hydrazone groups is 1. The molecule has 0 bridgehead atoms. The molecule has 0 saturated heterocycles. The smallest absolute Gasteiger partial charge is 0.265 e. The molecule has 0 amide bonds. The van der Waals surface area contributed by atoms with E-state index in [1.165, 1.54) is 0 Å². The molecule has 4 aromatic rings. The summed E-state index contributed by atoms with van der Waals surface area (Å²) in [6, 6.07) is 16.0. The molecule has 0 aliphatic heterocycles. The van der Waals surface area contributed by atoms with Gasteiger partial charge >= 0.3 is 0 Å². The molecular formula is C18H15BrN6. The number of hydrogen-bond acceptors (Lipinski definition) is 5. The molecule has 0 aliphatic rings. The van der Waals surface area contributed by atoms with Crippen molar-refractivity contribution in [1.29, 1.82) is 0 Å². The van der Waals surface area contributed by atoms with Crippen LogP contribution in [0, 0.1) is 0 Å². The Balaban J connectivity index is 1.67. The fourth-order valence-corrected chi connectivity index (χ4v) is 3.05. The zero-order valence-electron chi connectivity index (χ0n) is 13.5. The van der Waals surface area contributed by atoms with Crippen LogP contribution in [0.3, 0.4) is 0 Å². The van der Waals surface area contributed by atoms with Crippen LogP contribution in [0.25, 0.3) is 22.1 Å². The second kappa shape index (κ2) is 6.60. The van der Waals surface area contributed by atoms with E-state index in [2.05, 4.69) is 59.2 Å². The van der Waals surface area contributed by atoms with E-state index in [1.54, 1.807) is 6.21 Å². The lowest BCUT2D eigenvalue weighted by molar-refractivity contribution is 0.811. The van der Waals surface area contributed by atoms with Gasteiger partial charge in [0.25, 0.3) is 5.95 Å². The Morgan fingerprint density at radius 2 is 1.92 bits per heavy atom. The van der Waals surface area contributed by atoms with Crippen LogP contribution < -0.4 is 5.43 Å². The Bertz CT molecular complexity index is 1070. The molecular weight excluding hydrogens is 380 g/mol. The fraction of sp³-hybridized carbons (Fsp3) is 0.111. The predicted molar refractivity (Wildman–Crippen MR) is 104 cm³/mol. The molecule has 0 saturated carbocycles. The Morgan fingerprint density at radius 3 is 2.72 bits per heavy atom. The van der Waals surface area contributed by atoms with Gasteiger partial charge in [0, 0.05) is 16.4 Å². The Hall–Kier alpha value is -2.80. The van der Waals surface area contributed by atoms with Gasteiger partial charge in [0.15, 0.2) is 5.65 Å². The first-order valence-corrected chi connectivity index (χ1v) is 8.72. The van der Waals surface area contributed by atoms with Gasteiger partial charge in [0.2, 0.25) is 0 Å². The number of halogens is 1. The molecule has 0 aliphatic carbocycles. The van der Waals surface area contributed by atoms with E-state index in [-0.39, 0.29) is 0 Å². The number of nitrogens with zero attached hydrogens (tertiary/aromatic N) is 5. The number of para-hydroxylation sites is 1. The Labute approximate surface area is 152 Å². The van der Waals surface area contributed by atoms with Crippen molar-refractivity contribution in [2.24, 2.45) is 5.10 Å². The highest BCUT2D eigenvalue weighted by atomic mass is 79.9. The Kier molecular flexibility index (Phi) is 4.15. The van der Waals surface area contributed by atoms with Crippen LogP contribution in [0.5, 0.6) is 0 Å². The number of nitrogens with one attached hydrogen (secondary N) is 1. The topological polar surface area (TPSA) is 68.0 Å². The van der Waals surface area contributed by atoms with Gasteiger partial charge in [-0.25, -0.2) is 5.43 Å². The van der Waals surface area contributed by atoms with Gasteiger partial charge in [0.05, 0.1) is 11.7 Å². The van der Waals surface area contributed by atoms with Crippen LogP contribution in [0.2, 0.25) is 0 Å². The summed E-state index contributed by atoms with van der Waals surface area (Å²) < 4.78 is 3.16. The van der Waals surface area contributed by atoms with Gasteiger partial charge < -0.3 is 4.57 Å². The molecule has 2 heterocycles. The fourth-order valence-electron chi connectivity index (χ4n) is 2.78. The van der Waals surface area contributed by atoms with Crippen LogP contribution in [0.15, 0.2) is 58.1 Å². The summed E-state index contributed by atoms with van der Waals surface area (Å²) in [5.41, 5.74) is 6.55. The van der Waals surface area contributed by atoms with Crippen LogP contribution in [0.1, 0.15) is 12.5 Å². The van der Waals surface area contributed by atoms with Gasteiger partial charge in [-0.3, -0.25) is 0 Å². The van der Waals surface area contributed by atoms with Gasteiger partial charge in [-0.1, -0.05) is 46.3 Å². The highest BCUT2D eigenvalue weighted by Crippen LogP contribution is 2.26. The Morgan fingerprint density at radius 1 is 1.12 bits per heavy atom. The third-order valence-corrected chi connectivity index (χ3v) is 4.47. The third-order valence-electron chi connectivity index (χ3n) is 3.94. The van der Waals surface area contributed by atoms with Crippen LogP contribution in [-0.4, -0.2) is 26.0 Å². The minimum atomic E-state index is 0.373. The molecule has 0 atom stereocenters. The van der Waals surface area contributed by atoms with Gasteiger partial charge in [-0.05, 0) is 30.7 Å². The molecule has 2 aromatic heterocycles. The number of rotatable bonds is 4. The standard InChI is InChI=1S/C18H15BrN6/c1-2-25-15-6-4-3-5-14(15)16-17(25)21-18(24-22-16)23-20-11-12-7-9-13(19)10-8-12/h3-11H,2H2,1H3,(H,21,23,24)/b20-11-. The van der Waals surface area contributed by atoms with Crippen molar-refractivity contribution in [3.05, 3.63) is 58.6 Å². The molecule has 0 spiro atoms. The maximum atomic E-state index is 4.59. The van der Waals surface area contributed by atoms with Crippen LogP contribution in [-0.2, 0) is 6.54 Å². The summed E-state index contributed by atoms with van der Waals surface area (Å²) >= 11 is 3.41. The number of aryl methyl sites for hydroxylation is 1. The molecule has 7 heteroatoms. The first kappa shape index (κ1) is 15.7. The largest absolute Gasteiger partial charge is 0.324 e. The van der Waals surface area contributed by atoms with Crippen molar-refractivity contribution in [1.82, 2.24) is 19.7 Å². The summed E-state index contributed by atoms with van der Waals surface area (Å²) in [4.78, 5) is 4.59. The van der Waals surface area contributed by atoms with E-state index >= 15 is 0 Å². The predicted octanol–water partition coefficient (Wildman–Crippen LogP) is 4.21. The molecule has 4 rings (SSSR count). The molecule has 25 heavy (non-hydrogen) atoms. The molecule has 6 nitrogen and oxygen atoms in total. The summed E-state index contributed by atoms with van der Waals surface area (Å²) in [7, 11) is 0. The number of fused-ring (bicyclic) bond motifs is 3. The molecule has 1 N–H and O–H groups in total. The average Bonchev–Trinajstić information content (AvgIpc) is 2.96. The second-order valence-electron chi connectivity index (χ2n) is 5.49. The summed E-state index contributed by atoms with van der Waals surface area (Å²) in [6.45, 7) is 2.90. The lowest BCUT2D eigenvalue weighted by atomic mass is 10.2. The number of aromatic nitrogens is 4. The van der Waals surface area contributed by atoms with Crippen molar-refractivity contribution in [2.45, 2.75) is 13.5 Å². The van der Waals surface area contributed by atoms with Crippen LogP contribution in [0.4, 0.5) is 5.95 Å². The van der Waals surface area contributed by atoms with E-state index in [9.17, 15) is 0 Å². The molecule has 2 aromatic carbocycles.